The van der Waals surface area contributed by atoms with Crippen molar-refractivity contribution in [2.75, 3.05) is 69.0 Å². The van der Waals surface area contributed by atoms with Crippen LogP contribution in [0, 0.1) is 17.7 Å². The Balaban J connectivity index is 1.28. The van der Waals surface area contributed by atoms with Crippen LogP contribution in [0.3, 0.4) is 0 Å². The lowest BCUT2D eigenvalue weighted by molar-refractivity contribution is 0.278. The number of likely N-dealkylation sites (N-methyl/N-ethyl adjacent to an activating group) is 1. The normalized spacial score (nSPS) is 20.5. The first-order valence-electron chi connectivity index (χ1n) is 16.5. The molecule has 0 aliphatic carbocycles. The average Bonchev–Trinajstić information content (AvgIpc) is 3.43. The summed E-state index contributed by atoms with van der Waals surface area (Å²) in [4.78, 5) is 35.7. The third-order valence-electron chi connectivity index (χ3n) is 10.1. The summed E-state index contributed by atoms with van der Waals surface area (Å²) in [6.07, 6.45) is 7.06. The van der Waals surface area contributed by atoms with Crippen molar-refractivity contribution in [3.63, 3.8) is 0 Å². The molecule has 11 heteroatoms. The molecule has 0 radical (unpaired) electrons. The number of hydrogen-bond acceptors (Lipinski definition) is 10. The Hall–Kier alpha value is -3.96. The van der Waals surface area contributed by atoms with Crippen LogP contribution in [-0.4, -0.2) is 73.3 Å². The molecule has 3 atom stereocenters. The predicted molar refractivity (Wildman–Crippen MR) is 187 cm³/mol. The summed E-state index contributed by atoms with van der Waals surface area (Å²) in [5.74, 6) is 1.46. The number of halogens is 1. The summed E-state index contributed by atoms with van der Waals surface area (Å²) in [5.41, 5.74) is 10.4. The number of nitrogen functional groups attached to an aromatic ring is 1. The van der Waals surface area contributed by atoms with Gasteiger partial charge < -0.3 is 25.2 Å². The molecule has 3 aliphatic rings. The fraction of sp³-hybridized carbons (Fsp3) is 0.444. The minimum absolute atomic E-state index is 0.107. The second kappa shape index (κ2) is 13.3. The van der Waals surface area contributed by atoms with Gasteiger partial charge in [0.2, 0.25) is 5.88 Å². The topological polar surface area (TPSA) is 101 Å². The van der Waals surface area contributed by atoms with Crippen molar-refractivity contribution < 1.29 is 9.13 Å². The van der Waals surface area contributed by atoms with Crippen LogP contribution in [0.25, 0.3) is 10.9 Å². The number of piperazine rings is 1. The van der Waals surface area contributed by atoms with Crippen LogP contribution in [0.5, 0.6) is 5.88 Å². The standard InChI is InChI=1S/C36H42FN7O2S/c1-22-27-19-31(47-22)28(35(45)29-18-30(37)36(41-34(27)29)43-13-11-42(2)12-14-43)17-25(15-23-8-9-39-33(16-23)46-3)24-5-4-10-44(21-24)26-6-7-32(38)40-20-26/h6-9,16,18-20,22,24-25H,4-5,10-15,17,21H2,1-3H3,(H2,38,40)/t22?,24-,25?/m0/s1. The lowest BCUT2D eigenvalue weighted by Crippen LogP contribution is -2.45. The third-order valence-corrected chi connectivity index (χ3v) is 11.3. The zero-order valence-corrected chi connectivity index (χ0v) is 28.1. The molecule has 2 fully saturated rings. The van der Waals surface area contributed by atoms with Crippen LogP contribution < -0.4 is 25.7 Å². The Labute approximate surface area is 279 Å². The summed E-state index contributed by atoms with van der Waals surface area (Å²) in [5, 5.41) is 0.502. The number of rotatable bonds is 8. The first-order valence-corrected chi connectivity index (χ1v) is 17.4. The highest BCUT2D eigenvalue weighted by Crippen LogP contribution is 2.46. The maximum Gasteiger partial charge on any atom is 0.213 e. The van der Waals surface area contributed by atoms with E-state index in [4.69, 9.17) is 15.5 Å². The predicted octanol–water partition coefficient (Wildman–Crippen LogP) is 5.35. The van der Waals surface area contributed by atoms with Gasteiger partial charge in [0, 0.05) is 67.2 Å². The fourth-order valence-corrected chi connectivity index (χ4v) is 8.62. The van der Waals surface area contributed by atoms with E-state index in [-0.39, 0.29) is 16.6 Å². The number of nitrogens with two attached hydrogens (primary N) is 1. The zero-order chi connectivity index (χ0) is 32.7. The molecular formula is C36H42FN7O2S. The van der Waals surface area contributed by atoms with E-state index in [1.54, 1.807) is 25.1 Å². The minimum Gasteiger partial charge on any atom is -0.481 e. The van der Waals surface area contributed by atoms with Gasteiger partial charge >= 0.3 is 0 Å². The van der Waals surface area contributed by atoms with Crippen molar-refractivity contribution in [2.45, 2.75) is 42.8 Å². The number of anilines is 3. The van der Waals surface area contributed by atoms with Crippen LogP contribution in [0.1, 0.15) is 41.7 Å². The number of hydrogen-bond donors (Lipinski definition) is 1. The molecular weight excluding hydrogens is 614 g/mol. The van der Waals surface area contributed by atoms with Gasteiger partial charge in [-0.3, -0.25) is 4.79 Å². The quantitative estimate of drug-likeness (QED) is 0.267. The van der Waals surface area contributed by atoms with Gasteiger partial charge in [-0.2, -0.15) is 0 Å². The minimum atomic E-state index is -0.426. The summed E-state index contributed by atoms with van der Waals surface area (Å²) < 4.78 is 21.3. The van der Waals surface area contributed by atoms with E-state index < -0.39 is 5.82 Å². The maximum absolute atomic E-state index is 15.8. The van der Waals surface area contributed by atoms with Crippen molar-refractivity contribution >= 4 is 40.0 Å². The molecule has 2 N–H and O–H groups in total. The van der Waals surface area contributed by atoms with Gasteiger partial charge in [0.05, 0.1) is 29.9 Å². The van der Waals surface area contributed by atoms with Gasteiger partial charge in [0.25, 0.3) is 0 Å². The Morgan fingerprint density at radius 1 is 1.06 bits per heavy atom. The van der Waals surface area contributed by atoms with Crippen LogP contribution in [0.4, 0.5) is 21.7 Å². The number of piperidine rings is 1. The number of thioether (sulfide) groups is 1. The molecule has 246 valence electrons. The van der Waals surface area contributed by atoms with Gasteiger partial charge in [-0.15, -0.1) is 11.8 Å². The molecule has 3 aliphatic heterocycles. The molecule has 1 aromatic carbocycles. The molecule has 47 heavy (non-hydrogen) atoms. The molecule has 2 unspecified atom stereocenters. The largest absolute Gasteiger partial charge is 0.481 e. The van der Waals surface area contributed by atoms with Crippen LogP contribution in [0.2, 0.25) is 0 Å². The SMILES string of the molecule is COc1cc(CC(Cc2c3cc(c4nc(N5CCN(C)CC5)c(F)cc4c2=O)C(C)S3)[C@H]2CCCN(c3ccc(N)nc3)C2)ccn1. The number of fused-ring (bicyclic) bond motifs is 4. The fourth-order valence-electron chi connectivity index (χ4n) is 7.42. The van der Waals surface area contributed by atoms with E-state index >= 15 is 4.39 Å². The van der Waals surface area contributed by atoms with E-state index in [1.807, 2.05) is 35.4 Å². The second-order valence-electron chi connectivity index (χ2n) is 13.2. The van der Waals surface area contributed by atoms with Crippen LogP contribution in [-0.2, 0) is 12.8 Å². The smallest absolute Gasteiger partial charge is 0.213 e. The summed E-state index contributed by atoms with van der Waals surface area (Å²) in [6.45, 7) is 7.05. The monoisotopic (exact) mass is 655 g/mol. The highest BCUT2D eigenvalue weighted by molar-refractivity contribution is 7.99. The maximum atomic E-state index is 15.8. The highest BCUT2D eigenvalue weighted by Gasteiger charge is 2.32. The molecule has 7 rings (SSSR count). The third kappa shape index (κ3) is 6.47. The van der Waals surface area contributed by atoms with Crippen molar-refractivity contribution in [2.24, 2.45) is 11.8 Å². The van der Waals surface area contributed by atoms with Crippen molar-refractivity contribution in [1.29, 1.82) is 0 Å². The molecule has 0 saturated carbocycles. The Morgan fingerprint density at radius 3 is 2.66 bits per heavy atom. The van der Waals surface area contributed by atoms with E-state index in [2.05, 4.69) is 39.8 Å². The number of pyridine rings is 3. The number of nitrogens with zero attached hydrogens (tertiary/aromatic N) is 6. The van der Waals surface area contributed by atoms with E-state index in [0.29, 0.717) is 53.8 Å². The van der Waals surface area contributed by atoms with Gasteiger partial charge in [0.1, 0.15) is 5.82 Å². The van der Waals surface area contributed by atoms with Gasteiger partial charge in [-0.25, -0.2) is 19.3 Å². The van der Waals surface area contributed by atoms with E-state index in [1.165, 1.54) is 6.07 Å². The van der Waals surface area contributed by atoms with E-state index in [9.17, 15) is 4.79 Å². The average molecular weight is 656 g/mol. The molecule has 0 amide bonds. The highest BCUT2D eigenvalue weighted by atomic mass is 32.2. The molecule has 0 spiro atoms. The number of aromatic nitrogens is 3. The zero-order valence-electron chi connectivity index (χ0n) is 27.3. The van der Waals surface area contributed by atoms with Crippen molar-refractivity contribution in [3.8, 4) is 5.88 Å². The van der Waals surface area contributed by atoms with Gasteiger partial charge in [-0.1, -0.05) is 0 Å². The van der Waals surface area contributed by atoms with E-state index in [0.717, 1.165) is 72.7 Å². The summed E-state index contributed by atoms with van der Waals surface area (Å²) >= 11 is 1.72. The second-order valence-corrected chi connectivity index (χ2v) is 14.6. The lowest BCUT2D eigenvalue weighted by Gasteiger charge is -2.38. The molecule has 2 saturated heterocycles. The lowest BCUT2D eigenvalue weighted by atomic mass is 9.78. The first-order chi connectivity index (χ1) is 22.8. The van der Waals surface area contributed by atoms with Crippen molar-refractivity contribution in [3.05, 3.63) is 81.5 Å². The van der Waals surface area contributed by atoms with Crippen LogP contribution >= 0.6 is 11.8 Å². The Bertz CT molecular complexity index is 1830. The summed E-state index contributed by atoms with van der Waals surface area (Å²) in [7, 11) is 3.70. The van der Waals surface area contributed by atoms with Gasteiger partial charge in [0.15, 0.2) is 17.1 Å². The molecule has 3 aromatic heterocycles. The van der Waals surface area contributed by atoms with Crippen LogP contribution in [0.15, 0.2) is 58.5 Å². The Morgan fingerprint density at radius 2 is 1.89 bits per heavy atom. The molecule has 2 bridgehead atoms. The Kier molecular flexibility index (Phi) is 8.93. The summed E-state index contributed by atoms with van der Waals surface area (Å²) in [6, 6.07) is 11.5. The molecule has 9 nitrogen and oxygen atoms in total. The molecule has 6 heterocycles. The van der Waals surface area contributed by atoms with Crippen molar-refractivity contribution in [1.82, 2.24) is 19.9 Å². The van der Waals surface area contributed by atoms with Gasteiger partial charge in [-0.05, 0) is 92.9 Å². The number of ether oxygens (including phenoxy) is 1. The molecule has 4 aromatic rings. The number of methoxy groups -OCH3 is 1. The first kappa shape index (κ1) is 31.6.